The molecule has 0 saturated heterocycles. The van der Waals surface area contributed by atoms with Gasteiger partial charge in [0.25, 0.3) is 0 Å². The third-order valence-electron chi connectivity index (χ3n) is 2.53. The van der Waals surface area contributed by atoms with Crippen LogP contribution in [0.5, 0.6) is 0 Å². The van der Waals surface area contributed by atoms with Gasteiger partial charge in [-0.05, 0) is 24.3 Å². The van der Waals surface area contributed by atoms with Crippen LogP contribution in [-0.2, 0) is 6.42 Å². The van der Waals surface area contributed by atoms with Crippen LogP contribution in [0.2, 0.25) is 15.1 Å². The summed E-state index contributed by atoms with van der Waals surface area (Å²) in [6.45, 7) is 0. The molecular weight excluding hydrogens is 305 g/mol. The van der Waals surface area contributed by atoms with Gasteiger partial charge in [0.2, 0.25) is 0 Å². The Morgan fingerprint density at radius 1 is 1.11 bits per heavy atom. The zero-order chi connectivity index (χ0) is 14.0. The highest BCUT2D eigenvalue weighted by molar-refractivity contribution is 6.46. The van der Waals surface area contributed by atoms with Gasteiger partial charge < -0.3 is 5.73 Å². The third kappa shape index (κ3) is 2.76. The van der Waals surface area contributed by atoms with Gasteiger partial charge in [0, 0.05) is 5.56 Å². The Bertz CT molecular complexity index is 678. The summed E-state index contributed by atoms with van der Waals surface area (Å²) in [7, 11) is 0. The van der Waals surface area contributed by atoms with Crippen molar-refractivity contribution in [3.05, 3.63) is 45.0 Å². The van der Waals surface area contributed by atoms with Gasteiger partial charge in [0.15, 0.2) is 0 Å². The molecule has 0 aliphatic carbocycles. The minimum absolute atomic E-state index is 0.184. The SMILES string of the molecule is N#CCc1ccc(N)c(-c2c(Cl)ccc(Cl)c2Cl)n1. The van der Waals surface area contributed by atoms with Crippen molar-refractivity contribution in [2.24, 2.45) is 0 Å². The van der Waals surface area contributed by atoms with E-state index in [2.05, 4.69) is 4.98 Å². The van der Waals surface area contributed by atoms with Crippen LogP contribution in [0.1, 0.15) is 5.69 Å². The summed E-state index contributed by atoms with van der Waals surface area (Å²) >= 11 is 18.3. The number of aromatic nitrogens is 1. The molecule has 19 heavy (non-hydrogen) atoms. The van der Waals surface area contributed by atoms with E-state index in [0.29, 0.717) is 37.7 Å². The molecule has 0 aliphatic heterocycles. The van der Waals surface area contributed by atoms with Gasteiger partial charge in [-0.15, -0.1) is 0 Å². The maximum atomic E-state index is 8.71. The lowest BCUT2D eigenvalue weighted by Gasteiger charge is -2.11. The molecule has 0 unspecified atom stereocenters. The molecular formula is C13H8Cl3N3. The first kappa shape index (κ1) is 14.0. The van der Waals surface area contributed by atoms with Gasteiger partial charge in [-0.25, -0.2) is 4.98 Å². The van der Waals surface area contributed by atoms with E-state index in [1.54, 1.807) is 24.3 Å². The highest BCUT2D eigenvalue weighted by Gasteiger charge is 2.16. The first-order valence-electron chi connectivity index (χ1n) is 5.30. The molecule has 2 N–H and O–H groups in total. The van der Waals surface area contributed by atoms with Crippen molar-refractivity contribution >= 4 is 40.5 Å². The molecule has 6 heteroatoms. The van der Waals surface area contributed by atoms with Gasteiger partial charge in [0.05, 0.1) is 44.6 Å². The second-order valence-corrected chi connectivity index (χ2v) is 4.99. The van der Waals surface area contributed by atoms with Crippen LogP contribution >= 0.6 is 34.8 Å². The third-order valence-corrected chi connectivity index (χ3v) is 3.64. The Kier molecular flexibility index (Phi) is 4.16. The van der Waals surface area contributed by atoms with E-state index >= 15 is 0 Å². The number of benzene rings is 1. The Balaban J connectivity index is 2.68. The van der Waals surface area contributed by atoms with E-state index in [0.717, 1.165) is 0 Å². The van der Waals surface area contributed by atoms with Gasteiger partial charge in [0.1, 0.15) is 0 Å². The van der Waals surface area contributed by atoms with Crippen molar-refractivity contribution in [2.75, 3.05) is 5.73 Å². The molecule has 0 fully saturated rings. The molecule has 0 spiro atoms. The number of pyridine rings is 1. The second kappa shape index (κ2) is 5.66. The smallest absolute Gasteiger partial charge is 0.0965 e. The van der Waals surface area contributed by atoms with Crippen LogP contribution in [0.3, 0.4) is 0 Å². The molecule has 0 radical (unpaired) electrons. The number of hydrogen-bond acceptors (Lipinski definition) is 3. The number of nitrogen functional groups attached to an aromatic ring is 1. The summed E-state index contributed by atoms with van der Waals surface area (Å²) in [6, 6.07) is 8.62. The average molecular weight is 313 g/mol. The molecule has 0 amide bonds. The lowest BCUT2D eigenvalue weighted by Crippen LogP contribution is -1.98. The van der Waals surface area contributed by atoms with Crippen molar-refractivity contribution < 1.29 is 0 Å². The highest BCUT2D eigenvalue weighted by Crippen LogP contribution is 2.40. The molecule has 2 aromatic rings. The number of halogens is 3. The molecule has 1 aromatic heterocycles. The summed E-state index contributed by atoms with van der Waals surface area (Å²) in [4.78, 5) is 4.32. The molecule has 0 saturated carbocycles. The summed E-state index contributed by atoms with van der Waals surface area (Å²) in [6.07, 6.45) is 0.184. The van der Waals surface area contributed by atoms with Crippen molar-refractivity contribution in [3.63, 3.8) is 0 Å². The van der Waals surface area contributed by atoms with Crippen LogP contribution in [0.4, 0.5) is 5.69 Å². The number of hydrogen-bond donors (Lipinski definition) is 1. The molecule has 0 bridgehead atoms. The fraction of sp³-hybridized carbons (Fsp3) is 0.0769. The van der Waals surface area contributed by atoms with E-state index < -0.39 is 0 Å². The summed E-state index contributed by atoms with van der Waals surface area (Å²) in [5, 5.41) is 9.78. The maximum Gasteiger partial charge on any atom is 0.0965 e. The molecule has 0 aliphatic rings. The molecule has 1 heterocycles. The molecule has 3 nitrogen and oxygen atoms in total. The highest BCUT2D eigenvalue weighted by atomic mass is 35.5. The lowest BCUT2D eigenvalue weighted by molar-refractivity contribution is 1.12. The van der Waals surface area contributed by atoms with Crippen molar-refractivity contribution in [3.8, 4) is 17.3 Å². The normalized spacial score (nSPS) is 10.2. The fourth-order valence-electron chi connectivity index (χ4n) is 1.63. The molecule has 96 valence electrons. The Morgan fingerprint density at radius 3 is 2.47 bits per heavy atom. The van der Waals surface area contributed by atoms with Gasteiger partial charge in [-0.2, -0.15) is 5.26 Å². The summed E-state index contributed by atoms with van der Waals surface area (Å²) in [5.74, 6) is 0. The zero-order valence-electron chi connectivity index (χ0n) is 9.62. The molecule has 1 aromatic carbocycles. The van der Waals surface area contributed by atoms with Crippen LogP contribution < -0.4 is 5.73 Å². The van der Waals surface area contributed by atoms with Gasteiger partial charge >= 0.3 is 0 Å². The molecule has 2 rings (SSSR count). The summed E-state index contributed by atoms with van der Waals surface area (Å²) < 4.78 is 0. The largest absolute Gasteiger partial charge is 0.397 e. The zero-order valence-corrected chi connectivity index (χ0v) is 11.9. The predicted octanol–water partition coefficient (Wildman–Crippen LogP) is 4.36. The predicted molar refractivity (Wildman–Crippen MR) is 78.4 cm³/mol. The number of rotatable bonds is 2. The van der Waals surface area contributed by atoms with Crippen LogP contribution in [0.25, 0.3) is 11.3 Å². The Hall–Kier alpha value is -1.47. The van der Waals surface area contributed by atoms with Crippen LogP contribution in [0.15, 0.2) is 24.3 Å². The van der Waals surface area contributed by atoms with Gasteiger partial charge in [-0.1, -0.05) is 34.8 Å². The Labute approximate surface area is 125 Å². The quantitative estimate of drug-likeness (QED) is 0.838. The van der Waals surface area contributed by atoms with E-state index in [4.69, 9.17) is 45.8 Å². The van der Waals surface area contributed by atoms with E-state index in [1.165, 1.54) is 0 Å². The summed E-state index contributed by atoms with van der Waals surface area (Å²) in [5.41, 5.74) is 7.83. The average Bonchev–Trinajstić information content (AvgIpc) is 2.38. The number of nitrogens with two attached hydrogens (primary N) is 1. The van der Waals surface area contributed by atoms with Crippen molar-refractivity contribution in [1.82, 2.24) is 4.98 Å². The first-order chi connectivity index (χ1) is 9.04. The van der Waals surface area contributed by atoms with Gasteiger partial charge in [-0.3, -0.25) is 0 Å². The topological polar surface area (TPSA) is 62.7 Å². The first-order valence-corrected chi connectivity index (χ1v) is 6.44. The van der Waals surface area contributed by atoms with E-state index in [1.807, 2.05) is 6.07 Å². The lowest BCUT2D eigenvalue weighted by atomic mass is 10.1. The standard InChI is InChI=1S/C13H8Cl3N3/c14-8-2-3-9(15)12(16)11(8)13-10(18)4-1-7(19-13)5-6-17/h1-4H,5,18H2. The number of anilines is 1. The molecule has 0 atom stereocenters. The Morgan fingerprint density at radius 2 is 1.79 bits per heavy atom. The van der Waals surface area contributed by atoms with Crippen molar-refractivity contribution in [2.45, 2.75) is 6.42 Å². The van der Waals surface area contributed by atoms with E-state index in [-0.39, 0.29) is 6.42 Å². The number of nitriles is 1. The van der Waals surface area contributed by atoms with Crippen molar-refractivity contribution in [1.29, 1.82) is 5.26 Å². The fourth-order valence-corrected chi connectivity index (χ4v) is 2.34. The van der Waals surface area contributed by atoms with E-state index in [9.17, 15) is 0 Å². The van der Waals surface area contributed by atoms with Crippen LogP contribution in [-0.4, -0.2) is 4.98 Å². The van der Waals surface area contributed by atoms with Crippen LogP contribution in [0, 0.1) is 11.3 Å². The minimum atomic E-state index is 0.184. The number of nitrogens with zero attached hydrogens (tertiary/aromatic N) is 2. The monoisotopic (exact) mass is 311 g/mol. The second-order valence-electron chi connectivity index (χ2n) is 3.79. The maximum absolute atomic E-state index is 8.71. The minimum Gasteiger partial charge on any atom is -0.397 e.